The average molecular weight is 429 g/mol. The largest absolute Gasteiger partial charge is 0.378 e. The summed E-state index contributed by atoms with van der Waals surface area (Å²) in [5, 5.41) is 3.89. The summed E-state index contributed by atoms with van der Waals surface area (Å²) in [5.41, 5.74) is 6.42. The van der Waals surface area contributed by atoms with Crippen LogP contribution in [0, 0.1) is 19.7 Å². The summed E-state index contributed by atoms with van der Waals surface area (Å²) in [4.78, 5) is 15.9. The number of rotatable bonds is 4. The second-order valence-electron chi connectivity index (χ2n) is 7.97. The van der Waals surface area contributed by atoms with Crippen LogP contribution < -0.4 is 10.2 Å². The Morgan fingerprint density at radius 3 is 2.66 bits per heavy atom. The molecule has 1 aromatic carbocycles. The Kier molecular flexibility index (Phi) is 5.41. The molecule has 0 unspecified atom stereocenters. The lowest BCUT2D eigenvalue weighted by Gasteiger charge is -2.28. The van der Waals surface area contributed by atoms with E-state index in [1.807, 2.05) is 50.5 Å². The van der Waals surface area contributed by atoms with Crippen molar-refractivity contribution in [2.45, 2.75) is 13.8 Å². The highest BCUT2D eigenvalue weighted by Gasteiger charge is 2.18. The standard InChI is InChI=1S/C25H24FN5O/c1-16-6-7-22(28-13-16)24-17(2)25(23-20(26)4-3-5-21(23)30-24)29-18-12-19(15-27-14-18)31-8-10-32-11-9-31/h3-7,12-15H,8-11H2,1-2H3,(H,29,30). The number of aromatic nitrogens is 3. The molecule has 0 aliphatic carbocycles. The number of fused-ring (bicyclic) bond motifs is 1. The quantitative estimate of drug-likeness (QED) is 0.491. The van der Waals surface area contributed by atoms with Crippen LogP contribution in [0.4, 0.5) is 21.5 Å². The summed E-state index contributed by atoms with van der Waals surface area (Å²) in [6.07, 6.45) is 5.41. The maximum atomic E-state index is 15.0. The van der Waals surface area contributed by atoms with Crippen LogP contribution in [-0.4, -0.2) is 41.3 Å². The van der Waals surface area contributed by atoms with E-state index in [0.717, 1.165) is 47.0 Å². The number of hydrogen-bond acceptors (Lipinski definition) is 6. The van der Waals surface area contributed by atoms with Gasteiger partial charge in [-0.2, -0.15) is 0 Å². The molecule has 4 aromatic rings. The summed E-state index contributed by atoms with van der Waals surface area (Å²) in [6, 6.07) is 10.9. The number of benzene rings is 1. The molecule has 1 fully saturated rings. The molecule has 0 saturated carbocycles. The van der Waals surface area contributed by atoms with Gasteiger partial charge in [0.25, 0.3) is 0 Å². The van der Waals surface area contributed by atoms with Crippen LogP contribution in [0.25, 0.3) is 22.3 Å². The molecule has 0 bridgehead atoms. The highest BCUT2D eigenvalue weighted by Crippen LogP contribution is 2.36. The predicted molar refractivity (Wildman–Crippen MR) is 125 cm³/mol. The van der Waals surface area contributed by atoms with E-state index in [1.54, 1.807) is 12.3 Å². The third kappa shape index (κ3) is 3.87. The van der Waals surface area contributed by atoms with Crippen LogP contribution in [0.15, 0.2) is 55.0 Å². The molecule has 0 atom stereocenters. The first-order chi connectivity index (χ1) is 15.6. The molecule has 3 aromatic heterocycles. The molecule has 5 rings (SSSR count). The van der Waals surface area contributed by atoms with Gasteiger partial charge in [-0.15, -0.1) is 0 Å². The van der Waals surface area contributed by atoms with E-state index in [-0.39, 0.29) is 5.82 Å². The molecule has 1 aliphatic heterocycles. The van der Waals surface area contributed by atoms with Gasteiger partial charge in [-0.3, -0.25) is 9.97 Å². The molecular weight excluding hydrogens is 405 g/mol. The molecule has 1 saturated heterocycles. The highest BCUT2D eigenvalue weighted by atomic mass is 19.1. The smallest absolute Gasteiger partial charge is 0.134 e. The van der Waals surface area contributed by atoms with Gasteiger partial charge in [0.15, 0.2) is 0 Å². The van der Waals surface area contributed by atoms with Crippen LogP contribution >= 0.6 is 0 Å². The number of nitrogens with one attached hydrogen (secondary N) is 1. The predicted octanol–water partition coefficient (Wildman–Crippen LogP) is 5.03. The first-order valence-corrected chi connectivity index (χ1v) is 10.7. The van der Waals surface area contributed by atoms with E-state index in [1.165, 1.54) is 6.07 Å². The summed E-state index contributed by atoms with van der Waals surface area (Å²) in [7, 11) is 0. The van der Waals surface area contributed by atoms with E-state index in [2.05, 4.69) is 20.2 Å². The first-order valence-electron chi connectivity index (χ1n) is 10.7. The van der Waals surface area contributed by atoms with E-state index in [0.29, 0.717) is 29.8 Å². The van der Waals surface area contributed by atoms with Gasteiger partial charge in [0.1, 0.15) is 5.82 Å². The minimum atomic E-state index is -0.318. The zero-order chi connectivity index (χ0) is 22.1. The van der Waals surface area contributed by atoms with Crippen LogP contribution in [0.5, 0.6) is 0 Å². The van der Waals surface area contributed by atoms with E-state index in [4.69, 9.17) is 9.72 Å². The fourth-order valence-electron chi connectivity index (χ4n) is 4.01. The van der Waals surface area contributed by atoms with Crippen LogP contribution in [0.2, 0.25) is 0 Å². The van der Waals surface area contributed by atoms with Crippen molar-refractivity contribution >= 4 is 28.0 Å². The van der Waals surface area contributed by atoms with Gasteiger partial charge in [0, 0.05) is 24.8 Å². The van der Waals surface area contributed by atoms with Crippen molar-refractivity contribution in [1.29, 1.82) is 0 Å². The zero-order valence-electron chi connectivity index (χ0n) is 18.1. The average Bonchev–Trinajstić information content (AvgIpc) is 2.82. The Morgan fingerprint density at radius 2 is 1.88 bits per heavy atom. The van der Waals surface area contributed by atoms with Gasteiger partial charge >= 0.3 is 0 Å². The Hall–Kier alpha value is -3.58. The van der Waals surface area contributed by atoms with Crippen molar-refractivity contribution in [2.75, 3.05) is 36.5 Å². The fraction of sp³-hybridized carbons (Fsp3) is 0.240. The number of nitrogens with zero attached hydrogens (tertiary/aromatic N) is 4. The Balaban J connectivity index is 1.61. The number of pyridine rings is 3. The van der Waals surface area contributed by atoms with Crippen LogP contribution in [0.3, 0.4) is 0 Å². The molecule has 4 heterocycles. The van der Waals surface area contributed by atoms with Gasteiger partial charge in [-0.05, 0) is 43.7 Å². The van der Waals surface area contributed by atoms with Crippen molar-refractivity contribution in [1.82, 2.24) is 15.0 Å². The number of hydrogen-bond donors (Lipinski definition) is 1. The van der Waals surface area contributed by atoms with Crippen LogP contribution in [0.1, 0.15) is 11.1 Å². The summed E-state index contributed by atoms with van der Waals surface area (Å²) < 4.78 is 20.4. The van der Waals surface area contributed by atoms with Crippen molar-refractivity contribution < 1.29 is 9.13 Å². The number of morpholine rings is 1. The molecule has 0 radical (unpaired) electrons. The van der Waals surface area contributed by atoms with Gasteiger partial charge in [0.05, 0.1) is 65.0 Å². The third-order valence-corrected chi connectivity index (χ3v) is 5.73. The van der Waals surface area contributed by atoms with Gasteiger partial charge < -0.3 is 15.0 Å². The minimum Gasteiger partial charge on any atom is -0.378 e. The molecule has 7 heteroatoms. The molecule has 32 heavy (non-hydrogen) atoms. The number of anilines is 3. The van der Waals surface area contributed by atoms with E-state index >= 15 is 0 Å². The van der Waals surface area contributed by atoms with Crippen molar-refractivity contribution in [3.05, 3.63) is 71.9 Å². The fourth-order valence-corrected chi connectivity index (χ4v) is 4.01. The van der Waals surface area contributed by atoms with Gasteiger partial charge in [0.2, 0.25) is 0 Å². The molecular formula is C25H24FN5O. The first kappa shape index (κ1) is 20.3. The number of aryl methyl sites for hydroxylation is 1. The Labute approximate surface area is 186 Å². The minimum absolute atomic E-state index is 0.318. The van der Waals surface area contributed by atoms with Gasteiger partial charge in [-0.1, -0.05) is 12.1 Å². The Morgan fingerprint density at radius 1 is 1.03 bits per heavy atom. The molecule has 0 spiro atoms. The van der Waals surface area contributed by atoms with Crippen molar-refractivity contribution in [3.8, 4) is 11.4 Å². The lowest BCUT2D eigenvalue weighted by molar-refractivity contribution is 0.122. The number of halogens is 1. The third-order valence-electron chi connectivity index (χ3n) is 5.73. The summed E-state index contributed by atoms with van der Waals surface area (Å²) in [6.45, 7) is 6.97. The molecule has 6 nitrogen and oxygen atoms in total. The van der Waals surface area contributed by atoms with Crippen molar-refractivity contribution in [3.63, 3.8) is 0 Å². The van der Waals surface area contributed by atoms with Gasteiger partial charge in [-0.25, -0.2) is 9.37 Å². The monoisotopic (exact) mass is 429 g/mol. The SMILES string of the molecule is Cc1ccc(-c2nc3cccc(F)c3c(Nc3cncc(N4CCOCC4)c3)c2C)nc1. The van der Waals surface area contributed by atoms with Crippen LogP contribution in [-0.2, 0) is 4.74 Å². The molecule has 0 amide bonds. The highest BCUT2D eigenvalue weighted by molar-refractivity contribution is 5.98. The maximum Gasteiger partial charge on any atom is 0.134 e. The van der Waals surface area contributed by atoms with Crippen molar-refractivity contribution in [2.24, 2.45) is 0 Å². The molecule has 1 aliphatic rings. The second kappa shape index (κ2) is 8.51. The number of ether oxygens (including phenoxy) is 1. The lowest BCUT2D eigenvalue weighted by atomic mass is 10.0. The Bertz CT molecular complexity index is 1270. The summed E-state index contributed by atoms with van der Waals surface area (Å²) in [5.74, 6) is -0.318. The van der Waals surface area contributed by atoms with E-state index < -0.39 is 0 Å². The topological polar surface area (TPSA) is 63.2 Å². The summed E-state index contributed by atoms with van der Waals surface area (Å²) >= 11 is 0. The molecule has 162 valence electrons. The van der Waals surface area contributed by atoms with E-state index in [9.17, 15) is 4.39 Å². The second-order valence-corrected chi connectivity index (χ2v) is 7.97. The normalized spacial score (nSPS) is 14.0. The zero-order valence-corrected chi connectivity index (χ0v) is 18.1. The lowest BCUT2D eigenvalue weighted by Crippen LogP contribution is -2.36. The maximum absolute atomic E-state index is 15.0. The molecule has 1 N–H and O–H groups in total.